The highest BCUT2D eigenvalue weighted by Gasteiger charge is 2.19. The number of oxazole rings is 1. The summed E-state index contributed by atoms with van der Waals surface area (Å²) in [4.78, 5) is 4.53. The van der Waals surface area contributed by atoms with Gasteiger partial charge >= 0.3 is 0 Å². The van der Waals surface area contributed by atoms with E-state index in [1.54, 1.807) is 33.1 Å². The van der Waals surface area contributed by atoms with Gasteiger partial charge in [-0.05, 0) is 37.6 Å². The van der Waals surface area contributed by atoms with E-state index in [0.29, 0.717) is 28.7 Å². The molecule has 0 aliphatic rings. The van der Waals surface area contributed by atoms with Crippen molar-refractivity contribution in [3.63, 3.8) is 0 Å². The van der Waals surface area contributed by atoms with E-state index in [1.807, 2.05) is 13.8 Å². The number of sulfonamides is 1. The predicted molar refractivity (Wildman–Crippen MR) is 87.1 cm³/mol. The lowest BCUT2D eigenvalue weighted by atomic mass is 10.2. The molecule has 6 nitrogen and oxygen atoms in total. The summed E-state index contributed by atoms with van der Waals surface area (Å²) in [6.07, 6.45) is 0. The molecule has 126 valence electrons. The average molecular weight is 338 g/mol. The Bertz CT molecular complexity index is 794. The van der Waals surface area contributed by atoms with Gasteiger partial charge in [0.1, 0.15) is 11.5 Å². The third-order valence-corrected chi connectivity index (χ3v) is 5.06. The monoisotopic (exact) mass is 338 g/mol. The van der Waals surface area contributed by atoms with Crippen molar-refractivity contribution < 1.29 is 17.6 Å². The van der Waals surface area contributed by atoms with Gasteiger partial charge < -0.3 is 9.15 Å². The zero-order valence-electron chi connectivity index (χ0n) is 14.0. The Kier molecular flexibility index (Phi) is 5.11. The quantitative estimate of drug-likeness (QED) is 0.876. The summed E-state index contributed by atoms with van der Waals surface area (Å²) in [5.74, 6) is 1.91. The van der Waals surface area contributed by atoms with Gasteiger partial charge in [-0.3, -0.25) is 0 Å². The molecule has 0 spiro atoms. The van der Waals surface area contributed by atoms with Crippen molar-refractivity contribution in [2.75, 3.05) is 7.11 Å². The van der Waals surface area contributed by atoms with Gasteiger partial charge in [0.25, 0.3) is 0 Å². The molecule has 0 bridgehead atoms. The summed E-state index contributed by atoms with van der Waals surface area (Å²) < 4.78 is 38.2. The van der Waals surface area contributed by atoms with Crippen LogP contribution in [0.5, 0.6) is 5.75 Å². The van der Waals surface area contributed by atoms with Crippen LogP contribution in [0.15, 0.2) is 27.5 Å². The number of aryl methyl sites for hydroxylation is 2. The first-order valence-electron chi connectivity index (χ1n) is 7.35. The molecule has 0 fully saturated rings. The second-order valence-corrected chi connectivity index (χ2v) is 7.41. The van der Waals surface area contributed by atoms with E-state index in [9.17, 15) is 8.42 Å². The van der Waals surface area contributed by atoms with Crippen LogP contribution in [-0.2, 0) is 16.6 Å². The normalized spacial score (nSPS) is 11.9. The maximum atomic E-state index is 12.5. The standard InChI is InChI=1S/C16H22N2O4S/c1-10(2)16-18-12(4)14(22-16)9-17-23(19,20)15-7-6-13(21-5)8-11(15)3/h6-8,10,17H,9H2,1-5H3. The molecule has 0 atom stereocenters. The van der Waals surface area contributed by atoms with Gasteiger partial charge in [-0.25, -0.2) is 18.1 Å². The minimum Gasteiger partial charge on any atom is -0.497 e. The molecule has 0 radical (unpaired) electrons. The molecule has 0 unspecified atom stereocenters. The van der Waals surface area contributed by atoms with Crippen LogP contribution in [0.25, 0.3) is 0 Å². The van der Waals surface area contributed by atoms with Gasteiger partial charge in [-0.2, -0.15) is 0 Å². The highest BCUT2D eigenvalue weighted by molar-refractivity contribution is 7.89. The third-order valence-electron chi connectivity index (χ3n) is 3.50. The summed E-state index contributed by atoms with van der Waals surface area (Å²) in [5.41, 5.74) is 1.32. The van der Waals surface area contributed by atoms with Crippen LogP contribution in [-0.4, -0.2) is 20.5 Å². The Morgan fingerprint density at radius 3 is 2.52 bits per heavy atom. The predicted octanol–water partition coefficient (Wildman–Crippen LogP) is 2.90. The lowest BCUT2D eigenvalue weighted by Gasteiger charge is -2.10. The molecule has 0 aliphatic carbocycles. The molecule has 1 heterocycles. The fourth-order valence-corrected chi connectivity index (χ4v) is 3.36. The van der Waals surface area contributed by atoms with Crippen LogP contribution < -0.4 is 9.46 Å². The summed E-state index contributed by atoms with van der Waals surface area (Å²) in [6.45, 7) is 7.55. The lowest BCUT2D eigenvalue weighted by Crippen LogP contribution is -2.24. The second-order valence-electron chi connectivity index (χ2n) is 5.67. The summed E-state index contributed by atoms with van der Waals surface area (Å²) in [5, 5.41) is 0. The first kappa shape index (κ1) is 17.5. The number of nitrogens with zero attached hydrogens (tertiary/aromatic N) is 1. The molecule has 0 aliphatic heterocycles. The van der Waals surface area contributed by atoms with Crippen molar-refractivity contribution in [3.8, 4) is 5.75 Å². The van der Waals surface area contributed by atoms with E-state index < -0.39 is 10.0 Å². The zero-order valence-corrected chi connectivity index (χ0v) is 14.8. The van der Waals surface area contributed by atoms with Crippen molar-refractivity contribution in [3.05, 3.63) is 41.1 Å². The molecule has 1 aromatic carbocycles. The second kappa shape index (κ2) is 6.72. The molecule has 1 N–H and O–H groups in total. The number of nitrogens with one attached hydrogen (secondary N) is 1. The maximum Gasteiger partial charge on any atom is 0.241 e. The number of ether oxygens (including phenoxy) is 1. The maximum absolute atomic E-state index is 12.5. The largest absolute Gasteiger partial charge is 0.497 e. The van der Waals surface area contributed by atoms with Crippen LogP contribution in [0.4, 0.5) is 0 Å². The Morgan fingerprint density at radius 1 is 1.30 bits per heavy atom. The number of benzene rings is 1. The topological polar surface area (TPSA) is 81.4 Å². The Balaban J connectivity index is 2.19. The molecule has 2 rings (SSSR count). The van der Waals surface area contributed by atoms with Gasteiger partial charge in [0.05, 0.1) is 24.2 Å². The molecule has 0 saturated heterocycles. The number of aromatic nitrogens is 1. The van der Waals surface area contributed by atoms with Crippen LogP contribution in [0, 0.1) is 13.8 Å². The summed E-state index contributed by atoms with van der Waals surface area (Å²) in [6, 6.07) is 4.84. The fourth-order valence-electron chi connectivity index (χ4n) is 2.15. The van der Waals surface area contributed by atoms with Crippen LogP contribution in [0.2, 0.25) is 0 Å². The van der Waals surface area contributed by atoms with Gasteiger partial charge in [0.15, 0.2) is 5.89 Å². The van der Waals surface area contributed by atoms with E-state index in [2.05, 4.69) is 9.71 Å². The van der Waals surface area contributed by atoms with E-state index in [0.717, 1.165) is 0 Å². The SMILES string of the molecule is COc1ccc(S(=O)(=O)NCc2oc(C(C)C)nc2C)c(C)c1. The van der Waals surface area contributed by atoms with Gasteiger partial charge in [0, 0.05) is 5.92 Å². The van der Waals surface area contributed by atoms with E-state index >= 15 is 0 Å². The molecule has 7 heteroatoms. The number of hydrogen-bond acceptors (Lipinski definition) is 5. The minimum atomic E-state index is -3.64. The smallest absolute Gasteiger partial charge is 0.241 e. The summed E-state index contributed by atoms with van der Waals surface area (Å²) in [7, 11) is -2.09. The molecular weight excluding hydrogens is 316 g/mol. The highest BCUT2D eigenvalue weighted by atomic mass is 32.2. The minimum absolute atomic E-state index is 0.0688. The number of rotatable bonds is 6. The van der Waals surface area contributed by atoms with Crippen molar-refractivity contribution in [1.82, 2.24) is 9.71 Å². The summed E-state index contributed by atoms with van der Waals surface area (Å²) >= 11 is 0. The Morgan fingerprint density at radius 2 is 2.00 bits per heavy atom. The molecule has 0 saturated carbocycles. The van der Waals surface area contributed by atoms with E-state index in [-0.39, 0.29) is 17.4 Å². The van der Waals surface area contributed by atoms with Crippen molar-refractivity contribution in [1.29, 1.82) is 0 Å². The number of methoxy groups -OCH3 is 1. The molecular formula is C16H22N2O4S. The first-order chi connectivity index (χ1) is 10.7. The first-order valence-corrected chi connectivity index (χ1v) is 8.83. The van der Waals surface area contributed by atoms with Crippen molar-refractivity contribution in [2.45, 2.75) is 45.1 Å². The van der Waals surface area contributed by atoms with Crippen molar-refractivity contribution in [2.24, 2.45) is 0 Å². The van der Waals surface area contributed by atoms with E-state index in [4.69, 9.17) is 9.15 Å². The van der Waals surface area contributed by atoms with Crippen LogP contribution >= 0.6 is 0 Å². The van der Waals surface area contributed by atoms with Crippen LogP contribution in [0.1, 0.15) is 42.7 Å². The average Bonchev–Trinajstić information content (AvgIpc) is 2.86. The van der Waals surface area contributed by atoms with Crippen molar-refractivity contribution >= 4 is 10.0 Å². The Labute approximate surface area is 136 Å². The van der Waals surface area contributed by atoms with Crippen LogP contribution in [0.3, 0.4) is 0 Å². The Hall–Kier alpha value is -1.86. The fraction of sp³-hybridized carbons (Fsp3) is 0.438. The zero-order chi connectivity index (χ0) is 17.2. The lowest BCUT2D eigenvalue weighted by molar-refractivity contribution is 0.414. The van der Waals surface area contributed by atoms with Gasteiger partial charge in [0.2, 0.25) is 10.0 Å². The highest BCUT2D eigenvalue weighted by Crippen LogP contribution is 2.22. The molecule has 2 aromatic rings. The molecule has 0 amide bonds. The third kappa shape index (κ3) is 3.92. The number of hydrogen-bond donors (Lipinski definition) is 1. The molecule has 23 heavy (non-hydrogen) atoms. The molecule has 1 aromatic heterocycles. The van der Waals surface area contributed by atoms with Gasteiger partial charge in [-0.1, -0.05) is 13.8 Å². The van der Waals surface area contributed by atoms with Gasteiger partial charge in [-0.15, -0.1) is 0 Å². The van der Waals surface area contributed by atoms with E-state index in [1.165, 1.54) is 6.07 Å².